The maximum atomic E-state index is 11.8. The lowest BCUT2D eigenvalue weighted by Gasteiger charge is -2.09. The molecule has 2 rings (SSSR count). The number of phenolic OH excluding ortho intramolecular Hbond substituents is 1. The fourth-order valence-corrected chi connectivity index (χ4v) is 2.19. The number of nitrogens with one attached hydrogen (secondary N) is 1. The molecule has 0 saturated carbocycles. The lowest BCUT2D eigenvalue weighted by Crippen LogP contribution is -2.25. The van der Waals surface area contributed by atoms with E-state index in [2.05, 4.69) is 10.5 Å². The molecule has 24 heavy (non-hydrogen) atoms. The molecule has 2 aromatic carbocycles. The number of nitrogens with zero attached hydrogens (tertiary/aromatic N) is 1. The molecule has 2 aromatic rings. The Morgan fingerprint density at radius 2 is 1.79 bits per heavy atom. The topological polar surface area (TPSA) is 70.9 Å². The monoisotopic (exact) mass is 346 g/mol. The molecule has 6 heteroatoms. The van der Waals surface area contributed by atoms with Gasteiger partial charge in [-0.2, -0.15) is 5.10 Å². The average molecular weight is 347 g/mol. The van der Waals surface area contributed by atoms with Crippen molar-refractivity contribution in [3.8, 4) is 11.5 Å². The number of halogens is 1. The van der Waals surface area contributed by atoms with Gasteiger partial charge in [0.15, 0.2) is 6.61 Å². The van der Waals surface area contributed by atoms with Crippen molar-refractivity contribution < 1.29 is 14.6 Å². The fraction of sp³-hybridized carbons (Fsp3) is 0.222. The summed E-state index contributed by atoms with van der Waals surface area (Å²) in [6, 6.07) is 10.1. The Labute approximate surface area is 145 Å². The molecule has 0 saturated heterocycles. The predicted octanol–water partition coefficient (Wildman–Crippen LogP) is 3.58. The van der Waals surface area contributed by atoms with Gasteiger partial charge in [0.25, 0.3) is 5.91 Å². The van der Waals surface area contributed by atoms with Crippen LogP contribution < -0.4 is 10.2 Å². The Morgan fingerprint density at radius 1 is 1.21 bits per heavy atom. The maximum Gasteiger partial charge on any atom is 0.277 e. The highest BCUT2D eigenvalue weighted by Crippen LogP contribution is 2.25. The van der Waals surface area contributed by atoms with Crippen molar-refractivity contribution in [1.82, 2.24) is 5.43 Å². The molecule has 0 aliphatic carbocycles. The number of hydrazone groups is 1. The largest absolute Gasteiger partial charge is 0.508 e. The second-order valence-electron chi connectivity index (χ2n) is 5.44. The van der Waals surface area contributed by atoms with E-state index in [0.717, 1.165) is 16.7 Å². The summed E-state index contributed by atoms with van der Waals surface area (Å²) < 4.78 is 5.47. The standard InChI is InChI=1S/C18H19ClN2O3/c1-11-8-16(9-12(2)18(11)19)24-10-17(23)21-20-13(3)14-4-6-15(22)7-5-14/h4-9,22H,10H2,1-3H3,(H,21,23). The van der Waals surface area contributed by atoms with Crippen molar-refractivity contribution in [1.29, 1.82) is 0 Å². The van der Waals surface area contributed by atoms with Crippen LogP contribution in [0.25, 0.3) is 0 Å². The highest BCUT2D eigenvalue weighted by molar-refractivity contribution is 6.32. The molecule has 0 fully saturated rings. The summed E-state index contributed by atoms with van der Waals surface area (Å²) >= 11 is 6.10. The van der Waals surface area contributed by atoms with E-state index in [4.69, 9.17) is 16.3 Å². The van der Waals surface area contributed by atoms with Gasteiger partial charge < -0.3 is 9.84 Å². The third kappa shape index (κ3) is 4.73. The number of hydrogen-bond donors (Lipinski definition) is 2. The number of ether oxygens (including phenoxy) is 1. The van der Waals surface area contributed by atoms with Crippen molar-refractivity contribution in [3.05, 3.63) is 58.1 Å². The Hall–Kier alpha value is -2.53. The minimum atomic E-state index is -0.363. The molecule has 0 bridgehead atoms. The Morgan fingerprint density at radius 3 is 2.38 bits per heavy atom. The average Bonchev–Trinajstić information content (AvgIpc) is 2.56. The second-order valence-corrected chi connectivity index (χ2v) is 5.82. The van der Waals surface area contributed by atoms with Gasteiger partial charge in [0.2, 0.25) is 0 Å². The smallest absolute Gasteiger partial charge is 0.277 e. The van der Waals surface area contributed by atoms with Gasteiger partial charge in [-0.25, -0.2) is 5.43 Å². The zero-order valence-electron chi connectivity index (χ0n) is 13.8. The molecule has 0 aromatic heterocycles. The van der Waals surface area contributed by atoms with Gasteiger partial charge in [0, 0.05) is 5.02 Å². The Bertz CT molecular complexity index is 747. The summed E-state index contributed by atoms with van der Waals surface area (Å²) in [6.07, 6.45) is 0. The highest BCUT2D eigenvalue weighted by atomic mass is 35.5. The van der Waals surface area contributed by atoms with Gasteiger partial charge in [-0.05, 0) is 73.9 Å². The van der Waals surface area contributed by atoms with Crippen molar-refractivity contribution in [2.75, 3.05) is 6.61 Å². The van der Waals surface area contributed by atoms with Crippen LogP contribution in [0.3, 0.4) is 0 Å². The third-order valence-electron chi connectivity index (χ3n) is 3.41. The Kier molecular flexibility index (Phi) is 5.82. The van der Waals surface area contributed by atoms with E-state index >= 15 is 0 Å². The lowest BCUT2D eigenvalue weighted by atomic mass is 10.1. The van der Waals surface area contributed by atoms with Crippen LogP contribution >= 0.6 is 11.6 Å². The number of aromatic hydroxyl groups is 1. The number of carbonyl (C=O) groups excluding carboxylic acids is 1. The third-order valence-corrected chi connectivity index (χ3v) is 4.01. The van der Waals surface area contributed by atoms with Gasteiger partial charge in [0.05, 0.1) is 5.71 Å². The first kappa shape index (κ1) is 17.8. The highest BCUT2D eigenvalue weighted by Gasteiger charge is 2.06. The van der Waals surface area contributed by atoms with Gasteiger partial charge in [-0.3, -0.25) is 4.79 Å². The van der Waals surface area contributed by atoms with Crippen LogP contribution in [0, 0.1) is 13.8 Å². The number of hydrogen-bond acceptors (Lipinski definition) is 4. The fourth-order valence-electron chi connectivity index (χ4n) is 2.08. The molecular formula is C18H19ClN2O3. The van der Waals surface area contributed by atoms with Crippen molar-refractivity contribution >= 4 is 23.2 Å². The summed E-state index contributed by atoms with van der Waals surface area (Å²) in [7, 11) is 0. The quantitative estimate of drug-likeness (QED) is 0.642. The summed E-state index contributed by atoms with van der Waals surface area (Å²) in [5.74, 6) is 0.403. The van der Waals surface area contributed by atoms with E-state index in [1.807, 2.05) is 13.8 Å². The van der Waals surface area contributed by atoms with Crippen LogP contribution in [0.2, 0.25) is 5.02 Å². The molecular weight excluding hydrogens is 328 g/mol. The number of carbonyl (C=O) groups is 1. The first-order valence-electron chi connectivity index (χ1n) is 7.39. The number of amides is 1. The minimum Gasteiger partial charge on any atom is -0.508 e. The summed E-state index contributed by atoms with van der Waals surface area (Å²) in [6.45, 7) is 5.38. The van der Waals surface area contributed by atoms with E-state index in [0.29, 0.717) is 16.5 Å². The molecule has 126 valence electrons. The molecule has 0 spiro atoms. The van der Waals surface area contributed by atoms with E-state index in [1.54, 1.807) is 43.3 Å². The summed E-state index contributed by atoms with van der Waals surface area (Å²) in [5, 5.41) is 14.0. The number of aryl methyl sites for hydroxylation is 2. The zero-order valence-corrected chi connectivity index (χ0v) is 14.5. The van der Waals surface area contributed by atoms with Crippen LogP contribution in [-0.4, -0.2) is 23.3 Å². The van der Waals surface area contributed by atoms with E-state index < -0.39 is 0 Å². The van der Waals surface area contributed by atoms with E-state index in [1.165, 1.54) is 0 Å². The van der Waals surface area contributed by atoms with Gasteiger partial charge in [-0.1, -0.05) is 11.6 Å². The summed E-state index contributed by atoms with van der Waals surface area (Å²) in [5.41, 5.74) is 5.67. The minimum absolute atomic E-state index is 0.146. The van der Waals surface area contributed by atoms with Crippen LogP contribution in [0.4, 0.5) is 0 Å². The van der Waals surface area contributed by atoms with Gasteiger partial charge in [0.1, 0.15) is 11.5 Å². The van der Waals surface area contributed by atoms with E-state index in [9.17, 15) is 9.90 Å². The second kappa shape index (κ2) is 7.84. The van der Waals surface area contributed by atoms with Crippen molar-refractivity contribution in [2.45, 2.75) is 20.8 Å². The molecule has 1 amide bonds. The Balaban J connectivity index is 1.91. The molecule has 5 nitrogen and oxygen atoms in total. The van der Waals surface area contributed by atoms with E-state index in [-0.39, 0.29) is 18.3 Å². The molecule has 2 N–H and O–H groups in total. The summed E-state index contributed by atoms with van der Waals surface area (Å²) in [4.78, 5) is 11.8. The van der Waals surface area contributed by atoms with Crippen LogP contribution in [0.15, 0.2) is 41.5 Å². The lowest BCUT2D eigenvalue weighted by molar-refractivity contribution is -0.123. The first-order valence-corrected chi connectivity index (χ1v) is 7.76. The van der Waals surface area contributed by atoms with Gasteiger partial charge in [-0.15, -0.1) is 0 Å². The predicted molar refractivity (Wildman–Crippen MR) is 94.9 cm³/mol. The molecule has 0 heterocycles. The SMILES string of the molecule is CC(=NNC(=O)COc1cc(C)c(Cl)c(C)c1)c1ccc(O)cc1. The van der Waals surface area contributed by atoms with Crippen molar-refractivity contribution in [2.24, 2.45) is 5.10 Å². The maximum absolute atomic E-state index is 11.8. The normalized spacial score (nSPS) is 11.2. The molecule has 0 unspecified atom stereocenters. The van der Waals surface area contributed by atoms with Crippen molar-refractivity contribution in [3.63, 3.8) is 0 Å². The van der Waals surface area contributed by atoms with Crippen LogP contribution in [-0.2, 0) is 4.79 Å². The molecule has 0 radical (unpaired) electrons. The number of rotatable bonds is 5. The van der Waals surface area contributed by atoms with Crippen LogP contribution in [0.1, 0.15) is 23.6 Å². The van der Waals surface area contributed by atoms with Crippen LogP contribution in [0.5, 0.6) is 11.5 Å². The van der Waals surface area contributed by atoms with Gasteiger partial charge >= 0.3 is 0 Å². The molecule has 0 aliphatic heterocycles. The number of benzene rings is 2. The zero-order chi connectivity index (χ0) is 17.7. The molecule has 0 aliphatic rings. The molecule has 0 atom stereocenters. The number of phenols is 1. The first-order chi connectivity index (χ1) is 11.4.